The number of rotatable bonds is 0. The van der Waals surface area contributed by atoms with Crippen molar-refractivity contribution in [1.29, 1.82) is 0 Å². The fourth-order valence-corrected chi connectivity index (χ4v) is 0.827. The largest absolute Gasteiger partial charge is 1.00 e. The summed E-state index contributed by atoms with van der Waals surface area (Å²) in [5.41, 5.74) is 0. The Balaban J connectivity index is 0. The molecule has 42 valence electrons. The molecule has 0 unspecified atom stereocenters. The zero-order valence-corrected chi connectivity index (χ0v) is 9.67. The SMILES string of the molecule is CSC#CSC#C[S-].[Na+]. The summed E-state index contributed by atoms with van der Waals surface area (Å²) in [5, 5.41) is 10.4. The molecule has 0 rings (SSSR count). The van der Waals surface area contributed by atoms with Crippen molar-refractivity contribution in [3.63, 3.8) is 0 Å². The fourth-order valence-electron chi connectivity index (χ4n) is 0.109. The molecular formula is C5H3NaS3. The van der Waals surface area contributed by atoms with Gasteiger partial charge in [-0.2, -0.15) is 0 Å². The Labute approximate surface area is 92.0 Å². The predicted molar refractivity (Wildman–Crippen MR) is 44.0 cm³/mol. The van der Waals surface area contributed by atoms with E-state index in [1.807, 2.05) is 6.26 Å². The molecule has 0 radical (unpaired) electrons. The molecule has 0 aromatic heterocycles. The molecule has 9 heavy (non-hydrogen) atoms. The van der Waals surface area contributed by atoms with E-state index < -0.39 is 0 Å². The maximum absolute atomic E-state index is 4.35. The third-order valence-corrected chi connectivity index (χ3v) is 1.36. The van der Waals surface area contributed by atoms with Gasteiger partial charge in [0.15, 0.2) is 0 Å². The van der Waals surface area contributed by atoms with E-state index in [2.05, 4.69) is 33.6 Å². The van der Waals surface area contributed by atoms with Gasteiger partial charge in [0.1, 0.15) is 0 Å². The second kappa shape index (κ2) is 11.8. The summed E-state index contributed by atoms with van der Waals surface area (Å²) in [6.45, 7) is 0. The summed E-state index contributed by atoms with van der Waals surface area (Å²) < 4.78 is 0. The molecule has 0 nitrogen and oxygen atoms in total. The van der Waals surface area contributed by atoms with Gasteiger partial charge in [0, 0.05) is 11.8 Å². The average Bonchev–Trinajstić information content (AvgIpc) is 1.81. The Morgan fingerprint density at radius 3 is 2.33 bits per heavy atom. The van der Waals surface area contributed by atoms with Crippen LogP contribution in [0.3, 0.4) is 0 Å². The normalized spacial score (nSPS) is 5.00. The van der Waals surface area contributed by atoms with Crippen molar-refractivity contribution in [3.8, 4) is 21.0 Å². The predicted octanol–water partition coefficient (Wildman–Crippen LogP) is -1.53. The first-order valence-electron chi connectivity index (χ1n) is 1.72. The van der Waals surface area contributed by atoms with Gasteiger partial charge >= 0.3 is 29.6 Å². The van der Waals surface area contributed by atoms with Crippen LogP contribution in [-0.4, -0.2) is 6.26 Å². The monoisotopic (exact) mass is 182 g/mol. The summed E-state index contributed by atoms with van der Waals surface area (Å²) in [6.07, 6.45) is 1.91. The van der Waals surface area contributed by atoms with Gasteiger partial charge in [-0.3, -0.25) is 0 Å². The quantitative estimate of drug-likeness (QED) is 0.253. The molecule has 0 bridgehead atoms. The zero-order chi connectivity index (χ0) is 6.24. The van der Waals surface area contributed by atoms with Crippen LogP contribution in [0.4, 0.5) is 0 Å². The van der Waals surface area contributed by atoms with Gasteiger partial charge in [-0.1, -0.05) is 11.8 Å². The number of hydrogen-bond acceptors (Lipinski definition) is 3. The number of thioether (sulfide) groups is 2. The smallest absolute Gasteiger partial charge is 0.724 e. The van der Waals surface area contributed by atoms with Crippen molar-refractivity contribution in [2.75, 3.05) is 6.26 Å². The molecule has 0 saturated carbocycles. The zero-order valence-electron chi connectivity index (χ0n) is 5.22. The Morgan fingerprint density at radius 1 is 1.22 bits per heavy atom. The molecule has 0 aromatic carbocycles. The van der Waals surface area contributed by atoms with Crippen molar-refractivity contribution in [1.82, 2.24) is 0 Å². The number of hydrogen-bond donors (Lipinski definition) is 0. The topological polar surface area (TPSA) is 0 Å². The molecule has 0 aromatic rings. The van der Waals surface area contributed by atoms with E-state index in [0.717, 1.165) is 0 Å². The Hall–Kier alpha value is 1.04. The van der Waals surface area contributed by atoms with Gasteiger partial charge < -0.3 is 12.6 Å². The third kappa shape index (κ3) is 12.3. The van der Waals surface area contributed by atoms with E-state index in [0.29, 0.717) is 0 Å². The maximum atomic E-state index is 4.35. The Kier molecular flexibility index (Phi) is 16.6. The van der Waals surface area contributed by atoms with Crippen LogP contribution in [0.15, 0.2) is 0 Å². The first kappa shape index (κ1) is 12.7. The van der Waals surface area contributed by atoms with E-state index in [1.54, 1.807) is 0 Å². The minimum Gasteiger partial charge on any atom is -0.724 e. The van der Waals surface area contributed by atoms with Crippen LogP contribution in [0.1, 0.15) is 0 Å². The third-order valence-electron chi connectivity index (χ3n) is 0.287. The summed E-state index contributed by atoms with van der Waals surface area (Å²) in [4.78, 5) is 0. The van der Waals surface area contributed by atoms with Crippen molar-refractivity contribution < 1.29 is 29.6 Å². The van der Waals surface area contributed by atoms with Gasteiger partial charge in [-0.25, -0.2) is 5.25 Å². The Morgan fingerprint density at radius 2 is 1.89 bits per heavy atom. The van der Waals surface area contributed by atoms with Crippen LogP contribution in [0.25, 0.3) is 0 Å². The molecule has 0 heterocycles. The molecule has 0 aliphatic heterocycles. The minimum atomic E-state index is 0. The van der Waals surface area contributed by atoms with Gasteiger partial charge in [0.05, 0.1) is 0 Å². The first-order valence-corrected chi connectivity index (χ1v) is 4.17. The molecule has 0 fully saturated rings. The van der Waals surface area contributed by atoms with Crippen molar-refractivity contribution in [3.05, 3.63) is 0 Å². The van der Waals surface area contributed by atoms with Crippen LogP contribution in [-0.2, 0) is 12.6 Å². The van der Waals surface area contributed by atoms with E-state index >= 15 is 0 Å². The van der Waals surface area contributed by atoms with Crippen LogP contribution in [0.2, 0.25) is 0 Å². The summed E-state index contributed by atoms with van der Waals surface area (Å²) in [6, 6.07) is 0. The van der Waals surface area contributed by atoms with Crippen molar-refractivity contribution >= 4 is 36.2 Å². The van der Waals surface area contributed by atoms with E-state index in [1.165, 1.54) is 23.5 Å². The van der Waals surface area contributed by atoms with Gasteiger partial charge in [-0.15, -0.1) is 0 Å². The van der Waals surface area contributed by atoms with Gasteiger partial charge in [-0.05, 0) is 22.0 Å². The summed E-state index contributed by atoms with van der Waals surface area (Å²) in [7, 11) is 0. The molecule has 4 heteroatoms. The summed E-state index contributed by atoms with van der Waals surface area (Å²) in [5.74, 6) is 0. The molecule has 0 atom stereocenters. The second-order valence-corrected chi connectivity index (χ2v) is 2.14. The van der Waals surface area contributed by atoms with Gasteiger partial charge in [0.2, 0.25) is 0 Å². The molecule has 0 spiro atoms. The van der Waals surface area contributed by atoms with Gasteiger partial charge in [0.25, 0.3) is 0 Å². The molecule has 0 aliphatic carbocycles. The van der Waals surface area contributed by atoms with Crippen LogP contribution < -0.4 is 29.6 Å². The van der Waals surface area contributed by atoms with E-state index in [-0.39, 0.29) is 29.6 Å². The average molecular weight is 182 g/mol. The molecule has 0 aliphatic rings. The second-order valence-electron chi connectivity index (χ2n) is 0.714. The fraction of sp³-hybridized carbons (Fsp3) is 0.200. The van der Waals surface area contributed by atoms with E-state index in [4.69, 9.17) is 0 Å². The first-order chi connectivity index (χ1) is 3.91. The molecular weight excluding hydrogens is 179 g/mol. The molecule has 0 N–H and O–H groups in total. The minimum absolute atomic E-state index is 0. The molecule has 0 amide bonds. The van der Waals surface area contributed by atoms with E-state index in [9.17, 15) is 0 Å². The van der Waals surface area contributed by atoms with Crippen LogP contribution in [0, 0.1) is 21.0 Å². The summed E-state index contributed by atoms with van der Waals surface area (Å²) >= 11 is 7.04. The standard InChI is InChI=1S/C5H4S3.Na/c1-7-4-5-8-3-2-6;/h6H,1H3;/q;+1/p-1. The van der Waals surface area contributed by atoms with Crippen molar-refractivity contribution in [2.45, 2.75) is 0 Å². The Bertz CT molecular complexity index is 157. The van der Waals surface area contributed by atoms with Crippen LogP contribution in [0.5, 0.6) is 0 Å². The van der Waals surface area contributed by atoms with Crippen LogP contribution >= 0.6 is 23.5 Å². The maximum Gasteiger partial charge on any atom is 1.00 e. The molecule has 0 saturated heterocycles. The van der Waals surface area contributed by atoms with Crippen molar-refractivity contribution in [2.24, 2.45) is 0 Å².